The van der Waals surface area contributed by atoms with Crippen LogP contribution in [0.5, 0.6) is 0 Å². The van der Waals surface area contributed by atoms with Gasteiger partial charge in [0.25, 0.3) is 0 Å². The quantitative estimate of drug-likeness (QED) is 0.704. The van der Waals surface area contributed by atoms with Crippen LogP contribution in [0.4, 0.5) is 10.5 Å². The Hall–Kier alpha value is -2.14. The lowest BCUT2D eigenvalue weighted by Crippen LogP contribution is -2.34. The van der Waals surface area contributed by atoms with E-state index in [2.05, 4.69) is 31.4 Å². The molecule has 0 aliphatic rings. The minimum absolute atomic E-state index is 0.192. The van der Waals surface area contributed by atoms with Crippen LogP contribution in [0.1, 0.15) is 39.6 Å². The number of nitrogens with one attached hydrogen (secondary N) is 1. The lowest BCUT2D eigenvalue weighted by atomic mass is 10.2. The van der Waals surface area contributed by atoms with Gasteiger partial charge < -0.3 is 14.5 Å². The van der Waals surface area contributed by atoms with Crippen LogP contribution in [0.2, 0.25) is 0 Å². The predicted octanol–water partition coefficient (Wildman–Crippen LogP) is 3.48. The molecule has 0 fully saturated rings. The molecule has 28 heavy (non-hydrogen) atoms. The fraction of sp³-hybridized carbons (Fsp3) is 0.471. The number of amides is 1. The van der Waals surface area contributed by atoms with Crippen LogP contribution in [0.15, 0.2) is 27.1 Å². The van der Waals surface area contributed by atoms with Gasteiger partial charge in [-0.2, -0.15) is 0 Å². The van der Waals surface area contributed by atoms with E-state index in [0.717, 1.165) is 10.6 Å². The Bertz CT molecular complexity index is 968. The number of carbonyl (C=O) groups is 1. The third-order valence-corrected chi connectivity index (χ3v) is 5.20. The molecule has 0 bridgehead atoms. The number of hydrogen-bond donors (Lipinski definition) is 1. The molecule has 1 aromatic carbocycles. The summed E-state index contributed by atoms with van der Waals surface area (Å²) in [5, 5.41) is 10.6. The molecule has 1 aromatic heterocycles. The second-order valence-corrected chi connectivity index (χ2v) is 10.2. The van der Waals surface area contributed by atoms with Crippen molar-refractivity contribution in [2.75, 3.05) is 17.6 Å². The lowest BCUT2D eigenvalue weighted by molar-refractivity contribution is 0.0501. The van der Waals surface area contributed by atoms with Crippen LogP contribution in [0.3, 0.4) is 0 Å². The van der Waals surface area contributed by atoms with Crippen LogP contribution < -0.4 is 9.62 Å². The summed E-state index contributed by atoms with van der Waals surface area (Å²) >= 11 is 3.36. The molecule has 9 nitrogen and oxygen atoms in total. The molecule has 1 atom stereocenters. The summed E-state index contributed by atoms with van der Waals surface area (Å²) in [5.74, 6) is 0.385. The number of carbonyl (C=O) groups excluding carboxylic acids is 1. The van der Waals surface area contributed by atoms with Gasteiger partial charge >= 0.3 is 6.09 Å². The largest absolute Gasteiger partial charge is 0.444 e. The number of halogens is 1. The normalized spacial score (nSPS) is 13.1. The van der Waals surface area contributed by atoms with E-state index in [9.17, 15) is 13.2 Å². The Morgan fingerprint density at radius 1 is 1.29 bits per heavy atom. The topological polar surface area (TPSA) is 115 Å². The van der Waals surface area contributed by atoms with Crippen molar-refractivity contribution in [2.24, 2.45) is 0 Å². The van der Waals surface area contributed by atoms with Gasteiger partial charge in [0.05, 0.1) is 11.9 Å². The number of benzene rings is 1. The van der Waals surface area contributed by atoms with Crippen LogP contribution in [0, 0.1) is 0 Å². The van der Waals surface area contributed by atoms with E-state index >= 15 is 0 Å². The molecule has 11 heteroatoms. The summed E-state index contributed by atoms with van der Waals surface area (Å²) in [4.78, 5) is 11.9. The molecule has 2 rings (SSSR count). The zero-order chi connectivity index (χ0) is 21.3. The van der Waals surface area contributed by atoms with Gasteiger partial charge in [0, 0.05) is 17.1 Å². The maximum atomic E-state index is 11.9. The fourth-order valence-corrected chi connectivity index (χ4v) is 3.11. The van der Waals surface area contributed by atoms with E-state index < -0.39 is 27.8 Å². The molecule has 0 aliphatic carbocycles. The minimum atomic E-state index is -3.42. The van der Waals surface area contributed by atoms with Crippen molar-refractivity contribution in [1.29, 1.82) is 0 Å². The maximum absolute atomic E-state index is 11.9. The van der Waals surface area contributed by atoms with E-state index in [1.165, 1.54) is 7.05 Å². The highest BCUT2D eigenvalue weighted by Crippen LogP contribution is 2.30. The van der Waals surface area contributed by atoms with Crippen molar-refractivity contribution in [1.82, 2.24) is 15.5 Å². The van der Waals surface area contributed by atoms with E-state index in [-0.39, 0.29) is 11.8 Å². The van der Waals surface area contributed by atoms with Crippen molar-refractivity contribution in [3.63, 3.8) is 0 Å². The number of rotatable bonds is 5. The summed E-state index contributed by atoms with van der Waals surface area (Å²) in [6.07, 6.45) is 0.516. The van der Waals surface area contributed by atoms with Crippen molar-refractivity contribution < 1.29 is 22.4 Å². The molecule has 0 saturated carbocycles. The minimum Gasteiger partial charge on any atom is -0.444 e. The van der Waals surface area contributed by atoms with E-state index in [4.69, 9.17) is 9.15 Å². The van der Waals surface area contributed by atoms with Crippen LogP contribution in [-0.2, 0) is 14.8 Å². The molecular weight excluding hydrogens is 452 g/mol. The molecule has 1 amide bonds. The van der Waals surface area contributed by atoms with Crippen LogP contribution in [-0.4, -0.2) is 43.6 Å². The molecule has 0 aliphatic heterocycles. The Morgan fingerprint density at radius 2 is 1.93 bits per heavy atom. The first kappa shape index (κ1) is 22.2. The zero-order valence-corrected chi connectivity index (χ0v) is 18.9. The summed E-state index contributed by atoms with van der Waals surface area (Å²) < 4.78 is 36.2. The SMILES string of the molecule is C[C@H](NC(=O)OC(C)(C)C)c1nnc(-c2cc(Br)cc(N(C)S(C)(=O)=O)c2)o1. The summed E-state index contributed by atoms with van der Waals surface area (Å²) in [6.45, 7) is 6.98. The van der Waals surface area contributed by atoms with Crippen LogP contribution in [0.25, 0.3) is 11.5 Å². The van der Waals surface area contributed by atoms with Gasteiger partial charge in [-0.3, -0.25) is 4.31 Å². The van der Waals surface area contributed by atoms with Gasteiger partial charge in [-0.15, -0.1) is 10.2 Å². The number of aromatic nitrogens is 2. The van der Waals surface area contributed by atoms with E-state index in [0.29, 0.717) is 15.7 Å². The first-order valence-corrected chi connectivity index (χ1v) is 11.0. The number of hydrogen-bond acceptors (Lipinski definition) is 7. The zero-order valence-electron chi connectivity index (χ0n) is 16.5. The smallest absolute Gasteiger partial charge is 0.408 e. The van der Waals surface area contributed by atoms with Crippen molar-refractivity contribution in [2.45, 2.75) is 39.3 Å². The highest BCUT2D eigenvalue weighted by Gasteiger charge is 2.22. The van der Waals surface area contributed by atoms with E-state index in [1.54, 1.807) is 45.9 Å². The molecule has 154 valence electrons. The summed E-state index contributed by atoms with van der Waals surface area (Å²) in [6, 6.07) is 4.44. The predicted molar refractivity (Wildman–Crippen MR) is 108 cm³/mol. The van der Waals surface area contributed by atoms with Crippen LogP contribution >= 0.6 is 15.9 Å². The number of sulfonamides is 1. The van der Waals surface area contributed by atoms with Gasteiger partial charge in [0.2, 0.25) is 21.8 Å². The highest BCUT2D eigenvalue weighted by atomic mass is 79.9. The molecule has 0 unspecified atom stereocenters. The molecule has 0 spiro atoms. The van der Waals surface area contributed by atoms with Crippen molar-refractivity contribution >= 4 is 37.7 Å². The lowest BCUT2D eigenvalue weighted by Gasteiger charge is -2.20. The average Bonchev–Trinajstić information content (AvgIpc) is 3.00. The molecule has 0 radical (unpaired) electrons. The highest BCUT2D eigenvalue weighted by molar-refractivity contribution is 9.10. The second kappa shape index (κ2) is 8.08. The molecule has 1 heterocycles. The average molecular weight is 475 g/mol. The summed E-state index contributed by atoms with van der Waals surface area (Å²) in [5.41, 5.74) is 0.344. The Morgan fingerprint density at radius 3 is 2.50 bits per heavy atom. The standard InChI is InChI=1S/C17H23BrN4O5S/c1-10(19-16(23)27-17(2,3)4)14-20-21-15(26-14)11-7-12(18)9-13(8-11)22(5)28(6,24)25/h7-10H,1-6H3,(H,19,23)/t10-/m0/s1. The maximum Gasteiger partial charge on any atom is 0.408 e. The van der Waals surface area contributed by atoms with Crippen molar-refractivity contribution in [3.8, 4) is 11.5 Å². The molecule has 0 saturated heterocycles. The Balaban J connectivity index is 2.24. The van der Waals surface area contributed by atoms with Gasteiger partial charge in [-0.1, -0.05) is 15.9 Å². The van der Waals surface area contributed by atoms with Gasteiger partial charge in [0.15, 0.2) is 0 Å². The Kier molecular flexibility index (Phi) is 6.39. The molecule has 2 aromatic rings. The van der Waals surface area contributed by atoms with E-state index in [1.807, 2.05) is 0 Å². The first-order chi connectivity index (χ1) is 12.8. The second-order valence-electron chi connectivity index (χ2n) is 7.24. The third kappa shape index (κ3) is 5.93. The number of anilines is 1. The number of ether oxygens (including phenoxy) is 1. The monoisotopic (exact) mass is 474 g/mol. The van der Waals surface area contributed by atoms with Gasteiger partial charge in [-0.05, 0) is 45.9 Å². The third-order valence-electron chi connectivity index (χ3n) is 3.53. The molecule has 1 N–H and O–H groups in total. The number of nitrogens with zero attached hydrogens (tertiary/aromatic N) is 3. The Labute approximate surface area is 172 Å². The van der Waals surface area contributed by atoms with Crippen molar-refractivity contribution in [3.05, 3.63) is 28.6 Å². The molecular formula is C17H23BrN4O5S. The van der Waals surface area contributed by atoms with Gasteiger partial charge in [0.1, 0.15) is 11.6 Å². The number of alkyl carbamates (subject to hydrolysis) is 1. The fourth-order valence-electron chi connectivity index (χ4n) is 2.14. The summed E-state index contributed by atoms with van der Waals surface area (Å²) in [7, 11) is -1.97. The van der Waals surface area contributed by atoms with Gasteiger partial charge in [-0.25, -0.2) is 13.2 Å². The first-order valence-electron chi connectivity index (χ1n) is 8.34.